The molecule has 0 aliphatic rings. The summed E-state index contributed by atoms with van der Waals surface area (Å²) in [6.45, 7) is 6.12. The molecule has 350 valence electrons. The van der Waals surface area contributed by atoms with Crippen LogP contribution < -0.4 is 0 Å². The van der Waals surface area contributed by atoms with Crippen molar-refractivity contribution in [3.8, 4) is 0 Å². The number of ether oxygens (including phenoxy) is 3. The van der Waals surface area contributed by atoms with Crippen LogP contribution in [0.2, 0.25) is 0 Å². The predicted molar refractivity (Wildman–Crippen MR) is 269 cm³/mol. The second-order valence-corrected chi connectivity index (χ2v) is 15.4. The Morgan fingerprint density at radius 1 is 0.333 bits per heavy atom. The van der Waals surface area contributed by atoms with Gasteiger partial charge in [-0.3, -0.25) is 14.4 Å². The molecule has 0 aliphatic heterocycles. The Hall–Kier alpha value is -4.71. The SMILES string of the molecule is CC\C=C/C=C\C=C/C=C\CCCCCC(=O)OCC(COC(=O)CCC/C=C\C/C=C\C/C=C\C/C=C\C/C=C\CC)OC(=O)CCCCCCCCC\C=C/C=C\C=C/CC. The predicted octanol–water partition coefficient (Wildman–Crippen LogP) is 16.1. The lowest BCUT2D eigenvalue weighted by Gasteiger charge is -2.18. The first-order valence-corrected chi connectivity index (χ1v) is 24.4. The van der Waals surface area contributed by atoms with Crippen LogP contribution in [0, 0.1) is 0 Å². The summed E-state index contributed by atoms with van der Waals surface area (Å²) in [5.74, 6) is -1.05. The van der Waals surface area contributed by atoms with Gasteiger partial charge in [0.15, 0.2) is 6.10 Å². The second-order valence-electron chi connectivity index (χ2n) is 15.4. The molecule has 0 saturated heterocycles. The first kappa shape index (κ1) is 58.3. The summed E-state index contributed by atoms with van der Waals surface area (Å²) in [6.07, 6.45) is 71.2. The summed E-state index contributed by atoms with van der Waals surface area (Å²) in [5, 5.41) is 0. The molecule has 6 nitrogen and oxygen atoms in total. The number of hydrogen-bond acceptors (Lipinski definition) is 6. The van der Waals surface area contributed by atoms with E-state index in [9.17, 15) is 14.4 Å². The number of unbranched alkanes of at least 4 members (excludes halogenated alkanes) is 11. The number of allylic oxidation sites excluding steroid dienone is 24. The van der Waals surface area contributed by atoms with Crippen LogP contribution in [0.15, 0.2) is 146 Å². The van der Waals surface area contributed by atoms with Crippen LogP contribution in [0.5, 0.6) is 0 Å². The van der Waals surface area contributed by atoms with Gasteiger partial charge in [0.1, 0.15) is 13.2 Å². The monoisotopic (exact) mass is 867 g/mol. The summed E-state index contributed by atoms with van der Waals surface area (Å²) in [7, 11) is 0. The molecule has 0 aromatic heterocycles. The Labute approximate surface area is 385 Å². The highest BCUT2D eigenvalue weighted by molar-refractivity contribution is 5.71. The average Bonchev–Trinajstić information content (AvgIpc) is 3.28. The maximum Gasteiger partial charge on any atom is 0.306 e. The van der Waals surface area contributed by atoms with Gasteiger partial charge in [-0.1, -0.05) is 205 Å². The van der Waals surface area contributed by atoms with Crippen LogP contribution in [-0.4, -0.2) is 37.2 Å². The number of hydrogen-bond donors (Lipinski definition) is 0. The lowest BCUT2D eigenvalue weighted by atomic mass is 10.1. The van der Waals surface area contributed by atoms with Gasteiger partial charge >= 0.3 is 17.9 Å². The van der Waals surface area contributed by atoms with Gasteiger partial charge in [-0.25, -0.2) is 0 Å². The number of rotatable bonds is 41. The standard InChI is InChI=1S/C57H86O6/c1-4-7-10-13-16-19-22-25-27-28-30-32-35-38-41-44-47-50-56(59)62-53-54(52-61-55(58)49-46-43-40-37-34-31-24-21-18-15-12-9-6-3)63-57(60)51-48-45-42-39-36-33-29-26-23-20-17-14-11-8-5-2/h7-12,14-21,23-25,27,30-32,34,38,41,54H,4-6,13,22,26,28-29,33,35-37,39-40,42-53H2,1-3H3/b10-7-,11-8-,12-9-,17-14-,18-15-,19-16-,23-20-,24-21-,27-25-,32-30-,34-31-,41-38-. The quantitative estimate of drug-likeness (QED) is 0.0200. The Kier molecular flexibility index (Phi) is 46.2. The molecule has 0 N–H and O–H groups in total. The van der Waals surface area contributed by atoms with Crippen LogP contribution in [0.1, 0.15) is 175 Å². The van der Waals surface area contributed by atoms with E-state index in [1.54, 1.807) is 0 Å². The minimum atomic E-state index is -0.829. The molecule has 0 radical (unpaired) electrons. The van der Waals surface area contributed by atoms with E-state index in [4.69, 9.17) is 14.2 Å². The van der Waals surface area contributed by atoms with Crippen molar-refractivity contribution in [2.75, 3.05) is 13.2 Å². The van der Waals surface area contributed by atoms with Crippen molar-refractivity contribution in [2.24, 2.45) is 0 Å². The third-order valence-electron chi connectivity index (χ3n) is 9.48. The third kappa shape index (κ3) is 48.2. The zero-order chi connectivity index (χ0) is 45.8. The Morgan fingerprint density at radius 3 is 1.14 bits per heavy atom. The van der Waals surface area contributed by atoms with E-state index in [2.05, 4.69) is 130 Å². The molecule has 0 heterocycles. The maximum atomic E-state index is 12.8. The highest BCUT2D eigenvalue weighted by atomic mass is 16.6. The molecule has 0 aromatic carbocycles. The van der Waals surface area contributed by atoms with Crippen LogP contribution in [0.4, 0.5) is 0 Å². The van der Waals surface area contributed by atoms with Crippen molar-refractivity contribution >= 4 is 17.9 Å². The van der Waals surface area contributed by atoms with Crippen LogP contribution in [0.3, 0.4) is 0 Å². The highest BCUT2D eigenvalue weighted by Gasteiger charge is 2.19. The van der Waals surface area contributed by atoms with Crippen LogP contribution in [0.25, 0.3) is 0 Å². The number of carbonyl (C=O) groups excluding carboxylic acids is 3. The third-order valence-corrected chi connectivity index (χ3v) is 9.48. The van der Waals surface area contributed by atoms with Gasteiger partial charge in [-0.2, -0.15) is 0 Å². The van der Waals surface area contributed by atoms with E-state index in [0.29, 0.717) is 12.8 Å². The molecule has 0 aromatic rings. The van der Waals surface area contributed by atoms with Crippen molar-refractivity contribution < 1.29 is 28.6 Å². The van der Waals surface area contributed by atoms with E-state index >= 15 is 0 Å². The minimum absolute atomic E-state index is 0.128. The molecule has 1 unspecified atom stereocenters. The van der Waals surface area contributed by atoms with Crippen LogP contribution >= 0.6 is 0 Å². The normalized spacial score (nSPS) is 13.4. The maximum absolute atomic E-state index is 12.8. The van der Waals surface area contributed by atoms with E-state index in [0.717, 1.165) is 109 Å². The summed E-state index contributed by atoms with van der Waals surface area (Å²) in [6, 6.07) is 0. The van der Waals surface area contributed by atoms with Gasteiger partial charge in [0.25, 0.3) is 0 Å². The lowest BCUT2D eigenvalue weighted by Crippen LogP contribution is -2.30. The van der Waals surface area contributed by atoms with Gasteiger partial charge in [0.05, 0.1) is 0 Å². The smallest absolute Gasteiger partial charge is 0.306 e. The lowest BCUT2D eigenvalue weighted by molar-refractivity contribution is -0.167. The van der Waals surface area contributed by atoms with Crippen molar-refractivity contribution in [1.82, 2.24) is 0 Å². The van der Waals surface area contributed by atoms with Crippen molar-refractivity contribution in [3.63, 3.8) is 0 Å². The fourth-order valence-electron chi connectivity index (χ4n) is 5.90. The largest absolute Gasteiger partial charge is 0.462 e. The molecule has 0 bridgehead atoms. The Balaban J connectivity index is 4.59. The highest BCUT2D eigenvalue weighted by Crippen LogP contribution is 2.12. The number of esters is 3. The summed E-state index contributed by atoms with van der Waals surface area (Å²) in [4.78, 5) is 37.9. The summed E-state index contributed by atoms with van der Waals surface area (Å²) in [5.41, 5.74) is 0. The first-order chi connectivity index (χ1) is 31.0. The molecule has 6 heteroatoms. The topological polar surface area (TPSA) is 78.9 Å². The van der Waals surface area contributed by atoms with Gasteiger partial charge < -0.3 is 14.2 Å². The molecule has 1 atom stereocenters. The number of carbonyl (C=O) groups is 3. The van der Waals surface area contributed by atoms with E-state index in [1.807, 2.05) is 36.5 Å². The Morgan fingerprint density at radius 2 is 0.667 bits per heavy atom. The fraction of sp³-hybridized carbons (Fsp3) is 0.526. The molecule has 0 rings (SSSR count). The van der Waals surface area contributed by atoms with Gasteiger partial charge in [0.2, 0.25) is 0 Å². The molecule has 0 amide bonds. The van der Waals surface area contributed by atoms with Gasteiger partial charge in [-0.15, -0.1) is 0 Å². The second kappa shape index (κ2) is 49.9. The van der Waals surface area contributed by atoms with E-state index in [1.165, 1.54) is 19.3 Å². The molecule has 0 aliphatic carbocycles. The molecular formula is C57H86O6. The molecule has 0 fully saturated rings. The van der Waals surface area contributed by atoms with Crippen molar-refractivity contribution in [2.45, 2.75) is 181 Å². The van der Waals surface area contributed by atoms with Gasteiger partial charge in [-0.05, 0) is 96.3 Å². The minimum Gasteiger partial charge on any atom is -0.462 e. The molecule has 0 saturated carbocycles. The van der Waals surface area contributed by atoms with E-state index in [-0.39, 0.29) is 44.0 Å². The molecular weight excluding hydrogens is 781 g/mol. The zero-order valence-corrected chi connectivity index (χ0v) is 39.8. The zero-order valence-electron chi connectivity index (χ0n) is 39.8. The molecule has 0 spiro atoms. The summed E-state index contributed by atoms with van der Waals surface area (Å²) < 4.78 is 16.7. The molecule has 63 heavy (non-hydrogen) atoms. The van der Waals surface area contributed by atoms with Crippen molar-refractivity contribution in [1.29, 1.82) is 0 Å². The Bertz CT molecular complexity index is 1460. The van der Waals surface area contributed by atoms with Crippen LogP contribution in [-0.2, 0) is 28.6 Å². The average molecular weight is 867 g/mol. The van der Waals surface area contributed by atoms with Gasteiger partial charge in [0, 0.05) is 19.3 Å². The summed E-state index contributed by atoms with van der Waals surface area (Å²) >= 11 is 0. The van der Waals surface area contributed by atoms with Crippen molar-refractivity contribution in [3.05, 3.63) is 146 Å². The van der Waals surface area contributed by atoms with E-state index < -0.39 is 6.10 Å². The first-order valence-electron chi connectivity index (χ1n) is 24.4. The fourth-order valence-corrected chi connectivity index (χ4v) is 5.90.